The fourth-order valence-corrected chi connectivity index (χ4v) is 3.14. The Morgan fingerprint density at radius 2 is 1.89 bits per heavy atom. The predicted molar refractivity (Wildman–Crippen MR) is 106 cm³/mol. The van der Waals surface area contributed by atoms with Gasteiger partial charge in [0.1, 0.15) is 35.5 Å². The number of nitrogen functional groups attached to an aromatic ring is 1. The summed E-state index contributed by atoms with van der Waals surface area (Å²) in [6.07, 6.45) is 4.81. The molecule has 4 rings (SSSR count). The van der Waals surface area contributed by atoms with Crippen LogP contribution in [0.15, 0.2) is 43.0 Å². The molecule has 8 heteroatoms. The lowest BCUT2D eigenvalue weighted by Crippen LogP contribution is -2.26. The first-order valence-electron chi connectivity index (χ1n) is 8.85. The Labute approximate surface area is 161 Å². The van der Waals surface area contributed by atoms with E-state index in [0.29, 0.717) is 22.4 Å². The van der Waals surface area contributed by atoms with Crippen LogP contribution in [-0.4, -0.2) is 36.1 Å². The van der Waals surface area contributed by atoms with Crippen LogP contribution in [-0.2, 0) is 16.1 Å². The number of esters is 1. The van der Waals surface area contributed by atoms with E-state index in [-0.39, 0.29) is 12.5 Å². The zero-order chi connectivity index (χ0) is 19.9. The fraction of sp³-hybridized carbons (Fsp3) is 0.250. The third-order valence-corrected chi connectivity index (χ3v) is 4.20. The minimum atomic E-state index is -0.573. The lowest BCUT2D eigenvalue weighted by atomic mass is 10.1. The minimum absolute atomic E-state index is 0.00398. The first-order valence-corrected chi connectivity index (χ1v) is 8.85. The first kappa shape index (κ1) is 17.8. The van der Waals surface area contributed by atoms with E-state index in [4.69, 9.17) is 15.5 Å². The molecule has 0 fully saturated rings. The lowest BCUT2D eigenvalue weighted by Gasteiger charge is -2.19. The largest absolute Gasteiger partial charge is 0.459 e. The first-order chi connectivity index (χ1) is 13.3. The van der Waals surface area contributed by atoms with Crippen LogP contribution in [0.1, 0.15) is 20.8 Å². The monoisotopic (exact) mass is 376 g/mol. The molecule has 0 aliphatic rings. The highest BCUT2D eigenvalue weighted by Crippen LogP contribution is 2.31. The van der Waals surface area contributed by atoms with Crippen molar-refractivity contribution in [1.82, 2.24) is 24.5 Å². The van der Waals surface area contributed by atoms with Crippen LogP contribution in [0.3, 0.4) is 0 Å². The Morgan fingerprint density at radius 1 is 1.14 bits per heavy atom. The maximum atomic E-state index is 12.4. The summed E-state index contributed by atoms with van der Waals surface area (Å²) in [5, 5.41) is 0.622. The maximum absolute atomic E-state index is 12.4. The summed E-state index contributed by atoms with van der Waals surface area (Å²) in [7, 11) is 0. The standard InChI is InChI=1S/C20H20N6O2/c1-20(2,3)28-15(27)10-26-14-5-4-13(12-6-8-22-9-7-12)25-17(14)16-18(21)23-11-24-19(16)26/h4-9,11H,10H2,1-3H3,(H2,21,23,24). The van der Waals surface area contributed by atoms with Gasteiger partial charge in [0.05, 0.1) is 16.6 Å². The third-order valence-electron chi connectivity index (χ3n) is 4.20. The average Bonchev–Trinajstić information content (AvgIpc) is 2.95. The summed E-state index contributed by atoms with van der Waals surface area (Å²) in [5.74, 6) is -0.0426. The minimum Gasteiger partial charge on any atom is -0.459 e. The molecule has 4 aromatic heterocycles. The quantitative estimate of drug-likeness (QED) is 0.547. The van der Waals surface area contributed by atoms with Crippen LogP contribution in [0.5, 0.6) is 0 Å². The molecule has 28 heavy (non-hydrogen) atoms. The Hall–Kier alpha value is -3.55. The average molecular weight is 376 g/mol. The van der Waals surface area contributed by atoms with Crippen molar-refractivity contribution < 1.29 is 9.53 Å². The summed E-state index contributed by atoms with van der Waals surface area (Å²) in [5.41, 5.74) is 9.19. The topological polar surface area (TPSA) is 109 Å². The Bertz CT molecular complexity index is 1180. The van der Waals surface area contributed by atoms with E-state index in [1.807, 2.05) is 45.0 Å². The number of fused-ring (bicyclic) bond motifs is 3. The molecule has 4 heterocycles. The summed E-state index contributed by atoms with van der Waals surface area (Å²) >= 11 is 0. The number of nitrogens with two attached hydrogens (primary N) is 1. The van der Waals surface area contributed by atoms with Crippen molar-refractivity contribution >= 4 is 33.9 Å². The van der Waals surface area contributed by atoms with Gasteiger partial charge in [-0.1, -0.05) is 0 Å². The molecule has 4 aromatic rings. The molecule has 0 aliphatic carbocycles. The number of nitrogens with zero attached hydrogens (tertiary/aromatic N) is 5. The number of aromatic nitrogens is 5. The van der Waals surface area contributed by atoms with E-state index < -0.39 is 5.60 Å². The van der Waals surface area contributed by atoms with Crippen LogP contribution in [0.25, 0.3) is 33.3 Å². The fourth-order valence-electron chi connectivity index (χ4n) is 3.14. The molecular weight excluding hydrogens is 356 g/mol. The number of rotatable bonds is 3. The molecule has 0 spiro atoms. The Morgan fingerprint density at radius 3 is 2.61 bits per heavy atom. The van der Waals surface area contributed by atoms with Crippen molar-refractivity contribution in [1.29, 1.82) is 0 Å². The number of hydrogen-bond acceptors (Lipinski definition) is 7. The molecule has 0 radical (unpaired) electrons. The van der Waals surface area contributed by atoms with Gasteiger partial charge in [-0.15, -0.1) is 0 Å². The highest BCUT2D eigenvalue weighted by atomic mass is 16.6. The van der Waals surface area contributed by atoms with Crippen molar-refractivity contribution in [3.8, 4) is 11.3 Å². The van der Waals surface area contributed by atoms with E-state index >= 15 is 0 Å². The number of anilines is 1. The summed E-state index contributed by atoms with van der Waals surface area (Å²) < 4.78 is 7.23. The Balaban J connectivity index is 1.90. The zero-order valence-corrected chi connectivity index (χ0v) is 15.9. The predicted octanol–water partition coefficient (Wildman–Crippen LogP) is 2.97. The molecule has 0 amide bonds. The van der Waals surface area contributed by atoms with Crippen LogP contribution >= 0.6 is 0 Å². The molecular formula is C20H20N6O2. The molecule has 0 aromatic carbocycles. The molecule has 0 aliphatic heterocycles. The number of carbonyl (C=O) groups excluding carboxylic acids is 1. The van der Waals surface area contributed by atoms with Crippen molar-refractivity contribution in [2.24, 2.45) is 0 Å². The van der Waals surface area contributed by atoms with Gasteiger partial charge in [-0.3, -0.25) is 9.78 Å². The molecule has 0 unspecified atom stereocenters. The summed E-state index contributed by atoms with van der Waals surface area (Å²) in [4.78, 5) is 29.7. The van der Waals surface area contributed by atoms with Crippen molar-refractivity contribution in [3.63, 3.8) is 0 Å². The molecule has 0 saturated carbocycles. The molecule has 0 saturated heterocycles. The maximum Gasteiger partial charge on any atom is 0.326 e. The smallest absolute Gasteiger partial charge is 0.326 e. The number of ether oxygens (including phenoxy) is 1. The van der Waals surface area contributed by atoms with Crippen LogP contribution in [0.4, 0.5) is 5.82 Å². The van der Waals surface area contributed by atoms with E-state index in [1.54, 1.807) is 17.0 Å². The van der Waals surface area contributed by atoms with Crippen LogP contribution in [0, 0.1) is 0 Å². The number of hydrogen-bond donors (Lipinski definition) is 1. The zero-order valence-electron chi connectivity index (χ0n) is 15.9. The van der Waals surface area contributed by atoms with E-state index in [9.17, 15) is 4.79 Å². The Kier molecular flexibility index (Phi) is 4.18. The molecule has 0 atom stereocenters. The van der Waals surface area contributed by atoms with Gasteiger partial charge in [0.2, 0.25) is 0 Å². The molecule has 142 valence electrons. The van der Waals surface area contributed by atoms with Crippen LogP contribution < -0.4 is 5.73 Å². The van der Waals surface area contributed by atoms with Gasteiger partial charge >= 0.3 is 5.97 Å². The third kappa shape index (κ3) is 3.24. The highest BCUT2D eigenvalue weighted by Gasteiger charge is 2.22. The van der Waals surface area contributed by atoms with Gasteiger partial charge in [-0.2, -0.15) is 0 Å². The highest BCUT2D eigenvalue weighted by molar-refractivity contribution is 6.10. The second-order valence-electron chi connectivity index (χ2n) is 7.43. The van der Waals surface area contributed by atoms with Gasteiger partial charge in [-0.05, 0) is 45.0 Å². The van der Waals surface area contributed by atoms with Crippen molar-refractivity contribution in [2.45, 2.75) is 32.9 Å². The SMILES string of the molecule is CC(C)(C)OC(=O)Cn1c2ccc(-c3ccncc3)nc2c2c(N)ncnc21. The number of carbonyl (C=O) groups is 1. The molecule has 2 N–H and O–H groups in total. The van der Waals surface area contributed by atoms with Gasteiger partial charge < -0.3 is 15.0 Å². The summed E-state index contributed by atoms with van der Waals surface area (Å²) in [6.45, 7) is 5.50. The van der Waals surface area contributed by atoms with Gasteiger partial charge in [0, 0.05) is 18.0 Å². The lowest BCUT2D eigenvalue weighted by molar-refractivity contribution is -0.155. The summed E-state index contributed by atoms with van der Waals surface area (Å²) in [6, 6.07) is 7.57. The van der Waals surface area contributed by atoms with Crippen molar-refractivity contribution in [3.05, 3.63) is 43.0 Å². The second kappa shape index (κ2) is 6.56. The van der Waals surface area contributed by atoms with Crippen molar-refractivity contribution in [2.75, 3.05) is 5.73 Å². The normalized spacial score (nSPS) is 11.8. The van der Waals surface area contributed by atoms with E-state index in [1.165, 1.54) is 6.33 Å². The van der Waals surface area contributed by atoms with E-state index in [2.05, 4.69) is 15.0 Å². The molecule has 0 bridgehead atoms. The van der Waals surface area contributed by atoms with Crippen LogP contribution in [0.2, 0.25) is 0 Å². The van der Waals surface area contributed by atoms with Gasteiger partial charge in [0.25, 0.3) is 0 Å². The van der Waals surface area contributed by atoms with Gasteiger partial charge in [-0.25, -0.2) is 15.0 Å². The van der Waals surface area contributed by atoms with Gasteiger partial charge in [0.15, 0.2) is 0 Å². The van der Waals surface area contributed by atoms with E-state index in [0.717, 1.165) is 16.8 Å². The molecule has 8 nitrogen and oxygen atoms in total. The number of pyridine rings is 2. The second-order valence-corrected chi connectivity index (χ2v) is 7.43.